The molecule has 15 unspecified atom stereocenters. The molecule has 579 valence electrons. The maximum atomic E-state index is 12.0. The number of benzene rings is 8. The van der Waals surface area contributed by atoms with Gasteiger partial charge >= 0.3 is 123 Å². The summed E-state index contributed by atoms with van der Waals surface area (Å²) in [6.45, 7) is 31.5. The summed E-state index contributed by atoms with van der Waals surface area (Å²) in [6, 6.07) is 78.2. The fourth-order valence-corrected chi connectivity index (χ4v) is 100. The van der Waals surface area contributed by atoms with Crippen LogP contribution in [0, 0.1) is 0 Å². The monoisotopic (exact) mass is 1790 g/mol. The highest BCUT2D eigenvalue weighted by molar-refractivity contribution is 7.14. The van der Waals surface area contributed by atoms with Crippen LogP contribution in [0.25, 0.3) is 0 Å². The lowest BCUT2D eigenvalue weighted by atomic mass is 10.2. The van der Waals surface area contributed by atoms with Crippen molar-refractivity contribution in [1.82, 2.24) is 0 Å². The van der Waals surface area contributed by atoms with Crippen LogP contribution >= 0.6 is 0 Å². The van der Waals surface area contributed by atoms with E-state index in [0.29, 0.717) is 31.1 Å². The second-order valence-electron chi connectivity index (χ2n) is 30.8. The molecule has 6 fully saturated rings. The summed E-state index contributed by atoms with van der Waals surface area (Å²) >= 11 is 0. The highest BCUT2D eigenvalue weighted by atomic mass is 28.6. The van der Waals surface area contributed by atoms with Crippen LogP contribution in [0.4, 0.5) is 0 Å². The molecule has 109 heavy (non-hydrogen) atoms. The predicted octanol–water partition coefficient (Wildman–Crippen LogP) is 7.97. The van der Waals surface area contributed by atoms with E-state index in [9.17, 15) is 4.80 Å². The quantitative estimate of drug-likeness (QED) is 0.0508. The molecule has 6 heterocycles. The first-order chi connectivity index (χ1) is 51.5. The average molecular weight is 1790 g/mol. The van der Waals surface area contributed by atoms with Gasteiger partial charge in [-0.05, 0) is 107 Å². The summed E-state index contributed by atoms with van der Waals surface area (Å²) in [5.41, 5.74) is 1.61. The third-order valence-electron chi connectivity index (χ3n) is 18.2. The van der Waals surface area contributed by atoms with Crippen molar-refractivity contribution in [3.63, 3.8) is 0 Å². The van der Waals surface area contributed by atoms with E-state index in [1.807, 2.05) is 321 Å². The molecular formula is C68H97O23Si18. The van der Waals surface area contributed by atoms with Gasteiger partial charge in [0.05, 0.1) is 0 Å². The van der Waals surface area contributed by atoms with Crippen LogP contribution < -0.4 is 31.1 Å². The molecule has 0 aromatic heterocycles. The number of hydrogen-bond acceptors (Lipinski definition) is 23. The van der Waals surface area contributed by atoms with Crippen molar-refractivity contribution in [3.8, 4) is 0 Å². The van der Waals surface area contributed by atoms with Gasteiger partial charge < -0.3 is 96.6 Å². The smallest absolute Gasteiger partial charge is 0.439 e. The molecule has 6 aliphatic rings. The Morgan fingerprint density at radius 3 is 1.30 bits per heavy atom. The largest absolute Gasteiger partial charge is 0.523 e. The molecule has 6 saturated heterocycles. The van der Waals surface area contributed by atoms with Gasteiger partial charge in [-0.15, -0.1) is 0 Å². The van der Waals surface area contributed by atoms with Crippen molar-refractivity contribution in [2.45, 2.75) is 128 Å². The molecule has 0 aliphatic carbocycles. The molecule has 1 N–H and O–H groups in total. The predicted molar refractivity (Wildman–Crippen MR) is 451 cm³/mol. The van der Waals surface area contributed by atoms with Crippen LogP contribution in [0.1, 0.15) is 11.1 Å². The molecule has 23 nitrogen and oxygen atoms in total. The second kappa shape index (κ2) is 31.3. The van der Waals surface area contributed by atoms with Gasteiger partial charge in [0.15, 0.2) is 22.5 Å². The zero-order valence-electron chi connectivity index (χ0n) is 64.2. The van der Waals surface area contributed by atoms with Gasteiger partial charge in [0, 0.05) is 52.5 Å². The van der Waals surface area contributed by atoms with Crippen molar-refractivity contribution >= 4 is 189 Å². The molecule has 15 atom stereocenters. The minimum Gasteiger partial charge on any atom is -0.439 e. The zero-order chi connectivity index (χ0) is 77.3. The highest BCUT2D eigenvalue weighted by Gasteiger charge is 2.94. The van der Waals surface area contributed by atoms with Gasteiger partial charge in [0.2, 0.25) is 5.03 Å². The molecule has 0 amide bonds. The summed E-state index contributed by atoms with van der Waals surface area (Å²) in [5, 5.41) is 0.680. The van der Waals surface area contributed by atoms with Gasteiger partial charge in [-0.3, -0.25) is 0 Å². The molecule has 14 rings (SSSR count). The van der Waals surface area contributed by atoms with E-state index in [2.05, 4.69) is 19.6 Å². The first-order valence-electron chi connectivity index (χ1n) is 36.7. The highest BCUT2D eigenvalue weighted by Crippen LogP contribution is 2.58. The lowest BCUT2D eigenvalue weighted by Crippen LogP contribution is -2.93. The first-order valence-corrected chi connectivity index (χ1v) is 76.3. The van der Waals surface area contributed by atoms with E-state index in [-0.39, 0.29) is 12.1 Å². The van der Waals surface area contributed by atoms with Crippen molar-refractivity contribution in [2.75, 3.05) is 0 Å². The number of hydrogen-bond donors (Lipinski definition) is 1. The Morgan fingerprint density at radius 1 is 0.404 bits per heavy atom. The van der Waals surface area contributed by atoms with E-state index in [0.717, 1.165) is 11.1 Å². The van der Waals surface area contributed by atoms with Crippen LogP contribution in [-0.2, 0) is 104 Å². The minimum atomic E-state index is -5.32. The van der Waals surface area contributed by atoms with Crippen LogP contribution in [-0.4, -0.2) is 174 Å². The van der Waals surface area contributed by atoms with Crippen LogP contribution in [0.2, 0.25) is 105 Å². The van der Waals surface area contributed by atoms with Gasteiger partial charge in [-0.2, -0.15) is 0 Å². The summed E-state index contributed by atoms with van der Waals surface area (Å²) in [6.07, 6.45) is 0. The molecule has 6 aliphatic heterocycles. The Bertz CT molecular complexity index is 4420. The van der Waals surface area contributed by atoms with Gasteiger partial charge in [-0.25, -0.2) is 0 Å². The average Bonchev–Trinajstić information content (AvgIpc) is 1.51. The zero-order valence-corrected chi connectivity index (χ0v) is 82.7. The second-order valence-corrected chi connectivity index (χ2v) is 85.6. The SMILES string of the molecule is C[SiH](O[SiH](C)O[Si](C)(C)O[Si]1(C)O[Si]2(c3ccccc3)OC3O[Si]4(Cc5ccccc5)O[Si](c5ccccc5)(O1)O[Si]1(c5ccccc5)O[Si]5(c6ccccc6)OC41O[Si](Cc1ccccc1)O[Si](c1ccccc1)(O[Si](C)(O[Si](C)(C)O[SiH](C)O[Si](C)(O)O[Si](C)(C)C)O5)O[Si]3(c1ccccc1)O2)O[Si](C)(C)C. The number of rotatable bonds is 26. The molecule has 8 aromatic rings. The lowest BCUT2D eigenvalue weighted by molar-refractivity contribution is -0.0956. The third-order valence-corrected chi connectivity index (χ3v) is 86.9. The van der Waals surface area contributed by atoms with Crippen molar-refractivity contribution in [3.05, 3.63) is 254 Å². The molecule has 1 radical (unpaired) electrons. The Morgan fingerprint density at radius 2 is 0.798 bits per heavy atom. The Kier molecular flexibility index (Phi) is 23.6. The van der Waals surface area contributed by atoms with E-state index in [1.165, 1.54) is 0 Å². The van der Waals surface area contributed by atoms with Crippen molar-refractivity contribution < 1.29 is 96.6 Å². The van der Waals surface area contributed by atoms with Crippen LogP contribution in [0.5, 0.6) is 0 Å². The maximum Gasteiger partial charge on any atom is 0.523 e. The summed E-state index contributed by atoms with van der Waals surface area (Å²) < 4.78 is 177. The molecule has 41 heteroatoms. The lowest BCUT2D eigenvalue weighted by Gasteiger charge is -2.60. The molecular weight excluding hydrogens is 1690 g/mol. The van der Waals surface area contributed by atoms with Crippen LogP contribution in [0.15, 0.2) is 243 Å². The van der Waals surface area contributed by atoms with Gasteiger partial charge in [0.1, 0.15) is 0 Å². The van der Waals surface area contributed by atoms with Crippen molar-refractivity contribution in [1.29, 1.82) is 0 Å². The standard InChI is InChI=1S/C68H97O23Si18/c1-92(75-96(4,5)6)74-93(2)76-98(10,11)81-101(15)83-106(63-49-33-21-34-50-63)71-67-70-103(58-60-43-27-18-28-44-60)68-72-95(57-59-41-25-17-26-42-59)79-108(65-53-37-23-38-54-65,89-104(67,88-106)61-45-29-19-30-46-61)85-102(16,82-99(12,13)77-94(3)78-100(14,69)80-97(7,8)9)84-107(73-68,64-51-35-22-36-52-64)90-105(68,62-47-31-20-32-48-62)91-109(86-101,87-103)66-55-39-24-40-56-66/h17-56,67,69,92-94H,57-58H2,1-16H3. The fourth-order valence-electron chi connectivity index (χ4n) is 14.9. The Labute approximate surface area is 662 Å². The Hall–Kier alpha value is -3.26. The van der Waals surface area contributed by atoms with Crippen molar-refractivity contribution in [2.24, 2.45) is 0 Å². The third kappa shape index (κ3) is 17.4. The molecule has 8 aromatic carbocycles. The van der Waals surface area contributed by atoms with Crippen LogP contribution in [0.3, 0.4) is 0 Å². The molecule has 1 spiro atoms. The van der Waals surface area contributed by atoms with E-state index in [4.69, 9.17) is 91.8 Å². The maximum absolute atomic E-state index is 12.0. The topological polar surface area (TPSA) is 223 Å². The molecule has 0 saturated carbocycles. The number of fused-ring (bicyclic) bond motifs is 6. The van der Waals surface area contributed by atoms with E-state index < -0.39 is 169 Å². The van der Waals surface area contributed by atoms with E-state index in [1.54, 1.807) is 6.55 Å². The van der Waals surface area contributed by atoms with Gasteiger partial charge in [-0.1, -0.05) is 243 Å². The van der Waals surface area contributed by atoms with E-state index >= 15 is 0 Å². The summed E-state index contributed by atoms with van der Waals surface area (Å²) in [4.78, 5) is 12.0. The minimum absolute atomic E-state index is 0.0645. The normalized spacial score (nSPS) is 32.1. The summed E-state index contributed by atoms with van der Waals surface area (Å²) in [7, 11) is -72.5. The first kappa shape index (κ1) is 82.3. The fraction of sp³-hybridized carbons (Fsp3) is 0.294. The Balaban J connectivity index is 1.15. The molecule has 7 bridgehead atoms. The summed E-state index contributed by atoms with van der Waals surface area (Å²) in [5.74, 6) is -1.65. The van der Waals surface area contributed by atoms with Gasteiger partial charge in [0.25, 0.3) is 18.6 Å².